The Labute approximate surface area is 179 Å². The Hall–Kier alpha value is -3.26. The van der Waals surface area contributed by atoms with Gasteiger partial charge in [0.05, 0.1) is 11.0 Å². The van der Waals surface area contributed by atoms with Crippen LogP contribution in [-0.4, -0.2) is 37.5 Å². The summed E-state index contributed by atoms with van der Waals surface area (Å²) in [5.74, 6) is 1.39. The first-order valence-electron chi connectivity index (χ1n) is 9.59. The third-order valence-electron chi connectivity index (χ3n) is 4.60. The van der Waals surface area contributed by atoms with Gasteiger partial charge < -0.3 is 4.74 Å². The monoisotopic (exact) mass is 419 g/mol. The first kappa shape index (κ1) is 20.0. The van der Waals surface area contributed by atoms with E-state index in [9.17, 15) is 4.79 Å². The summed E-state index contributed by atoms with van der Waals surface area (Å²) < 4.78 is 7.76. The number of amidine groups is 1. The van der Waals surface area contributed by atoms with Gasteiger partial charge in [-0.2, -0.15) is 4.99 Å². The van der Waals surface area contributed by atoms with Crippen molar-refractivity contribution in [2.45, 2.75) is 30.5 Å². The van der Waals surface area contributed by atoms with Crippen molar-refractivity contribution in [2.24, 2.45) is 15.9 Å². The number of thioether (sulfide) groups is 1. The van der Waals surface area contributed by atoms with E-state index in [4.69, 9.17) is 4.74 Å². The number of allylic oxidation sites excluding steroid dienone is 4. The number of rotatable bonds is 8. The van der Waals surface area contributed by atoms with Crippen molar-refractivity contribution in [2.75, 3.05) is 0 Å². The zero-order valence-electron chi connectivity index (χ0n) is 16.5. The van der Waals surface area contributed by atoms with Crippen LogP contribution in [0, 0.1) is 5.92 Å². The van der Waals surface area contributed by atoms with Crippen LogP contribution in [-0.2, 0) is 17.9 Å². The van der Waals surface area contributed by atoms with Gasteiger partial charge >= 0.3 is 0 Å². The first-order valence-corrected chi connectivity index (χ1v) is 10.5. The van der Waals surface area contributed by atoms with Crippen LogP contribution in [0.15, 0.2) is 82.4 Å². The van der Waals surface area contributed by atoms with E-state index in [0.29, 0.717) is 30.0 Å². The Morgan fingerprint density at radius 3 is 2.87 bits per heavy atom. The predicted octanol–water partition coefficient (Wildman–Crippen LogP) is 3.65. The van der Waals surface area contributed by atoms with Crippen molar-refractivity contribution in [3.63, 3.8) is 0 Å². The highest BCUT2D eigenvalue weighted by Gasteiger charge is 2.29. The number of aliphatic imine (C=N–C) groups is 2. The summed E-state index contributed by atoms with van der Waals surface area (Å²) in [5.41, 5.74) is 0.726. The number of aromatic nitrogens is 3. The summed E-state index contributed by atoms with van der Waals surface area (Å²) >= 11 is 1.45. The maximum Gasteiger partial charge on any atom is 0.260 e. The van der Waals surface area contributed by atoms with E-state index >= 15 is 0 Å². The van der Waals surface area contributed by atoms with E-state index in [2.05, 4.69) is 26.8 Å². The molecule has 152 valence electrons. The summed E-state index contributed by atoms with van der Waals surface area (Å²) in [5, 5.41) is 9.13. The number of fused-ring (bicyclic) bond motifs is 1. The molecule has 1 aliphatic carbocycles. The lowest BCUT2D eigenvalue weighted by atomic mass is 9.96. The fraction of sp³-hybridized carbons (Fsp3) is 0.227. The number of nitrogens with zero attached hydrogens (tertiary/aromatic N) is 5. The molecule has 2 unspecified atom stereocenters. The maximum absolute atomic E-state index is 12.4. The summed E-state index contributed by atoms with van der Waals surface area (Å²) in [4.78, 5) is 21.2. The van der Waals surface area contributed by atoms with E-state index in [1.807, 2.05) is 66.1 Å². The molecular formula is C22H21N5O2S. The summed E-state index contributed by atoms with van der Waals surface area (Å²) in [6.07, 6.45) is 9.18. The molecule has 1 aromatic heterocycles. The second-order valence-electron chi connectivity index (χ2n) is 6.73. The maximum atomic E-state index is 12.4. The molecule has 1 aromatic carbocycles. The van der Waals surface area contributed by atoms with Gasteiger partial charge in [-0.1, -0.05) is 54.3 Å². The molecule has 1 aliphatic heterocycles. The fourth-order valence-corrected chi connectivity index (χ4v) is 3.99. The molecular weight excluding hydrogens is 398 g/mol. The van der Waals surface area contributed by atoms with Crippen molar-refractivity contribution in [3.05, 3.63) is 73.1 Å². The zero-order valence-corrected chi connectivity index (χ0v) is 17.3. The molecule has 7 nitrogen and oxygen atoms in total. The number of benzene rings is 1. The second-order valence-corrected chi connectivity index (χ2v) is 8.03. The lowest BCUT2D eigenvalue weighted by molar-refractivity contribution is -0.118. The fourth-order valence-electron chi connectivity index (χ4n) is 3.07. The first-order chi connectivity index (χ1) is 14.7. The van der Waals surface area contributed by atoms with Crippen molar-refractivity contribution >= 4 is 29.2 Å². The Bertz CT molecular complexity index is 1070. The molecule has 0 fully saturated rings. The van der Waals surface area contributed by atoms with Crippen LogP contribution in [0.1, 0.15) is 12.7 Å². The van der Waals surface area contributed by atoms with Crippen LogP contribution < -0.4 is 4.74 Å². The topological polar surface area (TPSA) is 81.7 Å². The standard InChI is InChI=1S/C22H21N5O2S/c1-3-13-27-19(14-29-16-9-5-4-6-10-16)25-26-22(27)30-15(2)20-23-18-12-8-7-11-17(18)21(28)24-20/h3-12,15,17H,1,13-14H2,2H3. The van der Waals surface area contributed by atoms with Gasteiger partial charge in [0.2, 0.25) is 0 Å². The number of carbonyl (C=O) groups is 1. The van der Waals surface area contributed by atoms with Crippen LogP contribution in [0.3, 0.4) is 0 Å². The minimum absolute atomic E-state index is 0.169. The van der Waals surface area contributed by atoms with Crippen molar-refractivity contribution in [3.8, 4) is 5.75 Å². The molecule has 0 bridgehead atoms. The van der Waals surface area contributed by atoms with Crippen LogP contribution in [0.5, 0.6) is 5.75 Å². The van der Waals surface area contributed by atoms with Gasteiger partial charge in [0.15, 0.2) is 11.0 Å². The van der Waals surface area contributed by atoms with Crippen LogP contribution in [0.25, 0.3) is 0 Å². The highest BCUT2D eigenvalue weighted by molar-refractivity contribution is 8.00. The minimum Gasteiger partial charge on any atom is -0.486 e. The number of amides is 1. The number of hydrogen-bond acceptors (Lipinski definition) is 6. The van der Waals surface area contributed by atoms with Crippen LogP contribution in [0.2, 0.25) is 0 Å². The van der Waals surface area contributed by atoms with E-state index in [1.54, 1.807) is 6.08 Å². The third kappa shape index (κ3) is 4.33. The molecule has 1 amide bonds. The lowest BCUT2D eigenvalue weighted by Gasteiger charge is -2.20. The molecule has 30 heavy (non-hydrogen) atoms. The summed E-state index contributed by atoms with van der Waals surface area (Å²) in [7, 11) is 0. The highest BCUT2D eigenvalue weighted by Crippen LogP contribution is 2.27. The number of ether oxygens (including phenoxy) is 1. The van der Waals surface area contributed by atoms with Gasteiger partial charge in [-0.15, -0.1) is 16.8 Å². The molecule has 8 heteroatoms. The summed E-state index contributed by atoms with van der Waals surface area (Å²) in [6.45, 7) is 6.62. The van der Waals surface area contributed by atoms with Gasteiger partial charge in [-0.25, -0.2) is 4.99 Å². The molecule has 0 saturated carbocycles. The zero-order chi connectivity index (χ0) is 20.9. The average molecular weight is 420 g/mol. The molecule has 0 saturated heterocycles. The molecule has 2 aliphatic rings. The van der Waals surface area contributed by atoms with Gasteiger partial charge in [-0.3, -0.25) is 9.36 Å². The predicted molar refractivity (Wildman–Crippen MR) is 118 cm³/mol. The van der Waals surface area contributed by atoms with Gasteiger partial charge in [0, 0.05) is 6.54 Å². The number of hydrogen-bond donors (Lipinski definition) is 0. The molecule has 2 heterocycles. The molecule has 0 radical (unpaired) electrons. The van der Waals surface area contributed by atoms with Gasteiger partial charge in [0.25, 0.3) is 5.91 Å². The number of carbonyl (C=O) groups excluding carboxylic acids is 1. The van der Waals surface area contributed by atoms with Crippen LogP contribution in [0.4, 0.5) is 0 Å². The van der Waals surface area contributed by atoms with E-state index in [1.165, 1.54) is 11.8 Å². The Morgan fingerprint density at radius 2 is 2.07 bits per heavy atom. The van der Waals surface area contributed by atoms with Crippen molar-refractivity contribution in [1.82, 2.24) is 14.8 Å². The normalized spacial score (nSPS) is 18.4. The molecule has 2 atom stereocenters. The molecule has 0 spiro atoms. The average Bonchev–Trinajstić information content (AvgIpc) is 3.14. The second kappa shape index (κ2) is 9.04. The van der Waals surface area contributed by atoms with Crippen molar-refractivity contribution in [1.29, 1.82) is 0 Å². The summed E-state index contributed by atoms with van der Waals surface area (Å²) in [6, 6.07) is 9.56. The van der Waals surface area contributed by atoms with E-state index in [-0.39, 0.29) is 17.1 Å². The molecule has 4 rings (SSSR count). The van der Waals surface area contributed by atoms with Gasteiger partial charge in [0.1, 0.15) is 24.1 Å². The quantitative estimate of drug-likeness (QED) is 0.482. The van der Waals surface area contributed by atoms with Crippen molar-refractivity contribution < 1.29 is 9.53 Å². The number of para-hydroxylation sites is 1. The largest absolute Gasteiger partial charge is 0.486 e. The molecule has 0 N–H and O–H groups in total. The lowest BCUT2D eigenvalue weighted by Crippen LogP contribution is -2.30. The minimum atomic E-state index is -0.373. The van der Waals surface area contributed by atoms with Gasteiger partial charge in [-0.05, 0) is 25.1 Å². The van der Waals surface area contributed by atoms with E-state index in [0.717, 1.165) is 11.5 Å². The smallest absolute Gasteiger partial charge is 0.260 e. The SMILES string of the molecule is C=CCn1c(COc2ccccc2)nnc1SC(C)C1=NC(=O)C2C=CC=CC2=N1. The Balaban J connectivity index is 1.50. The molecule has 2 aromatic rings. The van der Waals surface area contributed by atoms with Crippen LogP contribution >= 0.6 is 11.8 Å². The highest BCUT2D eigenvalue weighted by atomic mass is 32.2. The Kier molecular flexibility index (Phi) is 6.04. The third-order valence-corrected chi connectivity index (χ3v) is 5.67. The van der Waals surface area contributed by atoms with E-state index < -0.39 is 0 Å². The Morgan fingerprint density at radius 1 is 1.23 bits per heavy atom.